The van der Waals surface area contributed by atoms with Gasteiger partial charge in [0.15, 0.2) is 11.5 Å². The fourth-order valence-corrected chi connectivity index (χ4v) is 2.13. The average molecular weight is 293 g/mol. The van der Waals surface area contributed by atoms with Crippen molar-refractivity contribution in [3.63, 3.8) is 0 Å². The van der Waals surface area contributed by atoms with Crippen molar-refractivity contribution in [3.05, 3.63) is 23.8 Å². The maximum atomic E-state index is 11.6. The number of esters is 1. The van der Waals surface area contributed by atoms with Crippen LogP contribution in [0.25, 0.3) is 0 Å². The first kappa shape index (κ1) is 15.6. The molecule has 0 amide bonds. The number of benzene rings is 1. The van der Waals surface area contributed by atoms with Crippen LogP contribution in [-0.4, -0.2) is 30.9 Å². The third-order valence-electron chi connectivity index (χ3n) is 2.99. The van der Waals surface area contributed by atoms with Gasteiger partial charge in [0.1, 0.15) is 5.60 Å². The van der Waals surface area contributed by atoms with Crippen molar-refractivity contribution in [3.8, 4) is 11.5 Å². The van der Waals surface area contributed by atoms with Gasteiger partial charge in [0.05, 0.1) is 6.54 Å². The lowest BCUT2D eigenvalue weighted by Gasteiger charge is -2.20. The quantitative estimate of drug-likeness (QED) is 0.844. The second kappa shape index (κ2) is 6.35. The van der Waals surface area contributed by atoms with Gasteiger partial charge in [-0.15, -0.1) is 0 Å². The van der Waals surface area contributed by atoms with E-state index in [1.54, 1.807) is 0 Å². The van der Waals surface area contributed by atoms with E-state index >= 15 is 0 Å². The van der Waals surface area contributed by atoms with E-state index in [0.29, 0.717) is 0 Å². The molecule has 1 N–H and O–H groups in total. The number of carbonyl (C=O) groups is 1. The van der Waals surface area contributed by atoms with Crippen molar-refractivity contribution in [2.24, 2.45) is 0 Å². The Balaban J connectivity index is 1.79. The summed E-state index contributed by atoms with van der Waals surface area (Å²) in [5.41, 5.74) is 0.697. The molecule has 0 aliphatic carbocycles. The Kier molecular flexibility index (Phi) is 4.73. The normalized spacial score (nSPS) is 14.9. The highest BCUT2D eigenvalue weighted by atomic mass is 16.7. The van der Waals surface area contributed by atoms with Crippen LogP contribution in [0, 0.1) is 0 Å². The van der Waals surface area contributed by atoms with Gasteiger partial charge in [0.25, 0.3) is 0 Å². The van der Waals surface area contributed by atoms with Crippen LogP contribution in [0.15, 0.2) is 18.2 Å². The van der Waals surface area contributed by atoms with Gasteiger partial charge in [-0.2, -0.15) is 0 Å². The molecule has 1 aromatic carbocycles. The molecule has 0 saturated carbocycles. The fraction of sp³-hybridized carbons (Fsp3) is 0.562. The molecule has 1 aliphatic rings. The molecule has 2 rings (SSSR count). The molecule has 1 atom stereocenters. The zero-order valence-corrected chi connectivity index (χ0v) is 13.1. The summed E-state index contributed by atoms with van der Waals surface area (Å²) in [6.45, 7) is 8.12. The predicted molar refractivity (Wildman–Crippen MR) is 79.6 cm³/mol. The molecule has 1 aromatic rings. The fourth-order valence-electron chi connectivity index (χ4n) is 2.13. The number of hydrogen-bond donors (Lipinski definition) is 1. The Morgan fingerprint density at radius 3 is 2.76 bits per heavy atom. The van der Waals surface area contributed by atoms with E-state index in [2.05, 4.69) is 5.32 Å². The van der Waals surface area contributed by atoms with E-state index in [1.165, 1.54) is 0 Å². The molecule has 0 saturated heterocycles. The first-order chi connectivity index (χ1) is 9.83. The predicted octanol–water partition coefficient (Wildman–Crippen LogP) is 2.28. The number of rotatable bonds is 5. The van der Waals surface area contributed by atoms with Crippen molar-refractivity contribution in [2.45, 2.75) is 45.8 Å². The number of nitrogens with one attached hydrogen (secondary N) is 1. The summed E-state index contributed by atoms with van der Waals surface area (Å²) in [4.78, 5) is 11.6. The van der Waals surface area contributed by atoms with Crippen LogP contribution in [0.3, 0.4) is 0 Å². The Labute approximate surface area is 125 Å². The lowest BCUT2D eigenvalue weighted by atomic mass is 10.1. The van der Waals surface area contributed by atoms with E-state index < -0.39 is 5.60 Å². The first-order valence-electron chi connectivity index (χ1n) is 7.17. The van der Waals surface area contributed by atoms with Gasteiger partial charge >= 0.3 is 5.97 Å². The number of ether oxygens (including phenoxy) is 3. The molecule has 0 spiro atoms. The Morgan fingerprint density at radius 1 is 1.33 bits per heavy atom. The second-order valence-corrected chi connectivity index (χ2v) is 6.26. The van der Waals surface area contributed by atoms with E-state index in [-0.39, 0.29) is 25.3 Å². The standard InChI is InChI=1S/C16H23NO4/c1-11(17-9-15(18)21-16(2,3)4)7-12-5-6-13-14(8-12)20-10-19-13/h5-6,8,11,17H,7,9-10H2,1-4H3. The minimum absolute atomic E-state index is 0.165. The zero-order valence-electron chi connectivity index (χ0n) is 13.1. The van der Waals surface area contributed by atoms with Gasteiger partial charge in [0, 0.05) is 6.04 Å². The molecule has 21 heavy (non-hydrogen) atoms. The van der Waals surface area contributed by atoms with Gasteiger partial charge in [-0.05, 0) is 51.8 Å². The van der Waals surface area contributed by atoms with Crippen molar-refractivity contribution in [1.29, 1.82) is 0 Å². The molecule has 1 unspecified atom stereocenters. The summed E-state index contributed by atoms with van der Waals surface area (Å²) >= 11 is 0. The van der Waals surface area contributed by atoms with Crippen LogP contribution in [-0.2, 0) is 16.0 Å². The van der Waals surface area contributed by atoms with E-state index in [1.807, 2.05) is 45.9 Å². The molecule has 1 aliphatic heterocycles. The molecule has 0 fully saturated rings. The molecular weight excluding hydrogens is 270 g/mol. The zero-order chi connectivity index (χ0) is 15.5. The highest BCUT2D eigenvalue weighted by molar-refractivity contribution is 5.72. The topological polar surface area (TPSA) is 56.8 Å². The maximum Gasteiger partial charge on any atom is 0.320 e. The Hall–Kier alpha value is -1.75. The SMILES string of the molecule is CC(Cc1ccc2c(c1)OCO2)NCC(=O)OC(C)(C)C. The van der Waals surface area contributed by atoms with Gasteiger partial charge in [0.2, 0.25) is 6.79 Å². The van der Waals surface area contributed by atoms with Gasteiger partial charge in [-0.25, -0.2) is 0 Å². The summed E-state index contributed by atoms with van der Waals surface area (Å²) in [7, 11) is 0. The molecule has 0 aromatic heterocycles. The van der Waals surface area contributed by atoms with Crippen LogP contribution in [0.5, 0.6) is 11.5 Å². The minimum Gasteiger partial charge on any atom is -0.459 e. The Bertz CT molecular complexity index is 507. The van der Waals surface area contributed by atoms with Crippen molar-refractivity contribution in [2.75, 3.05) is 13.3 Å². The first-order valence-corrected chi connectivity index (χ1v) is 7.17. The molecular formula is C16H23NO4. The van der Waals surface area contributed by atoms with Crippen LogP contribution in [0.1, 0.15) is 33.3 Å². The second-order valence-electron chi connectivity index (χ2n) is 6.26. The largest absolute Gasteiger partial charge is 0.459 e. The molecule has 0 radical (unpaired) electrons. The summed E-state index contributed by atoms with van der Waals surface area (Å²) < 4.78 is 15.9. The van der Waals surface area contributed by atoms with Crippen molar-refractivity contribution >= 4 is 5.97 Å². The molecule has 116 valence electrons. The smallest absolute Gasteiger partial charge is 0.320 e. The van der Waals surface area contributed by atoms with Crippen molar-refractivity contribution < 1.29 is 19.0 Å². The lowest BCUT2D eigenvalue weighted by Crippen LogP contribution is -2.36. The highest BCUT2D eigenvalue weighted by Crippen LogP contribution is 2.32. The van der Waals surface area contributed by atoms with Crippen molar-refractivity contribution in [1.82, 2.24) is 5.32 Å². The summed E-state index contributed by atoms with van der Waals surface area (Å²) in [5.74, 6) is 1.33. The lowest BCUT2D eigenvalue weighted by molar-refractivity contribution is -0.153. The van der Waals surface area contributed by atoms with Gasteiger partial charge in [-0.3, -0.25) is 4.79 Å². The number of carbonyl (C=O) groups excluding carboxylic acids is 1. The Morgan fingerprint density at radius 2 is 2.05 bits per heavy atom. The summed E-state index contributed by atoms with van der Waals surface area (Å²) in [5, 5.41) is 3.17. The minimum atomic E-state index is -0.445. The average Bonchev–Trinajstić information content (AvgIpc) is 2.81. The molecule has 5 heteroatoms. The summed E-state index contributed by atoms with van der Waals surface area (Å²) in [6, 6.07) is 6.07. The van der Waals surface area contributed by atoms with Crippen LogP contribution >= 0.6 is 0 Å². The van der Waals surface area contributed by atoms with E-state index in [4.69, 9.17) is 14.2 Å². The third kappa shape index (κ3) is 4.93. The summed E-state index contributed by atoms with van der Waals surface area (Å²) in [6.07, 6.45) is 0.805. The molecule has 1 heterocycles. The van der Waals surface area contributed by atoms with Crippen LogP contribution < -0.4 is 14.8 Å². The van der Waals surface area contributed by atoms with Gasteiger partial charge < -0.3 is 19.5 Å². The van der Waals surface area contributed by atoms with E-state index in [9.17, 15) is 4.79 Å². The van der Waals surface area contributed by atoms with Gasteiger partial charge in [-0.1, -0.05) is 6.07 Å². The van der Waals surface area contributed by atoms with Crippen LogP contribution in [0.4, 0.5) is 0 Å². The van der Waals surface area contributed by atoms with E-state index in [0.717, 1.165) is 23.5 Å². The number of hydrogen-bond acceptors (Lipinski definition) is 5. The number of fused-ring (bicyclic) bond motifs is 1. The highest BCUT2D eigenvalue weighted by Gasteiger charge is 2.17. The molecule has 5 nitrogen and oxygen atoms in total. The van der Waals surface area contributed by atoms with Crippen LogP contribution in [0.2, 0.25) is 0 Å². The third-order valence-corrected chi connectivity index (χ3v) is 2.99. The molecule has 0 bridgehead atoms. The maximum absolute atomic E-state index is 11.6. The monoisotopic (exact) mass is 293 g/mol.